The van der Waals surface area contributed by atoms with Gasteiger partial charge in [-0.3, -0.25) is 177 Å². The van der Waals surface area contributed by atoms with Gasteiger partial charge in [0.05, 0.1) is 72.4 Å². The van der Waals surface area contributed by atoms with E-state index in [1.807, 2.05) is 31.3 Å². The highest BCUT2D eigenvalue weighted by Crippen LogP contribution is 2.40. The molecule has 46 nitrogen and oxygen atoms in total. The van der Waals surface area contributed by atoms with Crippen molar-refractivity contribution in [1.29, 1.82) is 0 Å². The maximum absolute atomic E-state index is 12.5. The Morgan fingerprint density at radius 1 is 0.250 bits per heavy atom. The van der Waals surface area contributed by atoms with Crippen LogP contribution >= 0.6 is 0 Å². The minimum Gasteiger partial charge on any atom is -0.497 e. The number of nitrogens with one attached hydrogen (secondary N) is 11. The maximum Gasteiger partial charge on any atom is 0.266 e. The largest absolute Gasteiger partial charge is 0.497 e. The number of amides is 25. The SMILES string of the molecule is CNc1ccc2c(c1)C(=O)N(C1CCC(=O)NC1=O)C2=O.CNc1ccc2c(c1)CN(C1CCC(=O)NC1=O)C2=O.CNc1cccc2c1C(=O)N(C1CCC(=O)NC1=O)C2=O.CNc1cccc2c1CN(C1CCC(=O)NC1=O)C2=O.COc1ccc2c(c1)C(=O)N(C1CCC(=O)NC1=O)C2=O.COc1cccc2c1C(=O)N(C1CCC(=O)NC1=O)C2=O.COc1cccc2c1CN(C1CCC(=O)NC1=O)C2=O. The van der Waals surface area contributed by atoms with Crippen LogP contribution in [0.3, 0.4) is 0 Å². The summed E-state index contributed by atoms with van der Waals surface area (Å²) in [4.78, 5) is 306. The predicted octanol–water partition coefficient (Wildman–Crippen LogP) is 1.89. The van der Waals surface area contributed by atoms with Gasteiger partial charge in [-0.1, -0.05) is 24.3 Å². The summed E-state index contributed by atoms with van der Waals surface area (Å²) in [6.45, 7) is 1.15. The summed E-state index contributed by atoms with van der Waals surface area (Å²) in [5.41, 5.74) is 9.44. The van der Waals surface area contributed by atoms with Crippen molar-refractivity contribution in [2.45, 2.75) is 152 Å². The van der Waals surface area contributed by atoms with Gasteiger partial charge >= 0.3 is 0 Å². The number of rotatable bonds is 14. The van der Waals surface area contributed by atoms with Gasteiger partial charge in [-0.25, -0.2) is 0 Å². The third kappa shape index (κ3) is 19.6. The number of hydrogen-bond donors (Lipinski definition) is 11. The lowest BCUT2D eigenvalue weighted by atomic mass is 10.0. The van der Waals surface area contributed by atoms with Gasteiger partial charge in [-0.15, -0.1) is 0 Å². The van der Waals surface area contributed by atoms with E-state index in [-0.39, 0.29) is 174 Å². The molecule has 11 N–H and O–H groups in total. The smallest absolute Gasteiger partial charge is 0.266 e. The Kier molecular flexibility index (Phi) is 29.3. The monoisotopic (exact) mass is 1970 g/mol. The highest BCUT2D eigenvalue weighted by atomic mass is 16.5. The third-order valence-electron chi connectivity index (χ3n) is 26.2. The lowest BCUT2D eigenvalue weighted by Crippen LogP contribution is -2.54. The predicted molar refractivity (Wildman–Crippen MR) is 498 cm³/mol. The van der Waals surface area contributed by atoms with Crippen molar-refractivity contribution in [3.05, 3.63) is 205 Å². The van der Waals surface area contributed by atoms with Crippen molar-refractivity contribution >= 4 is 170 Å². The van der Waals surface area contributed by atoms with Crippen molar-refractivity contribution in [2.24, 2.45) is 0 Å². The van der Waals surface area contributed by atoms with Gasteiger partial charge in [0, 0.05) is 137 Å². The van der Waals surface area contributed by atoms with Crippen LogP contribution in [0.25, 0.3) is 0 Å². The summed E-state index contributed by atoms with van der Waals surface area (Å²) in [6, 6.07) is 29.9. The molecule has 7 aromatic carbocycles. The van der Waals surface area contributed by atoms with Crippen LogP contribution in [0.1, 0.15) is 221 Å². The van der Waals surface area contributed by atoms with Gasteiger partial charge in [-0.2, -0.15) is 0 Å². The lowest BCUT2D eigenvalue weighted by Gasteiger charge is -2.29. The van der Waals surface area contributed by atoms with E-state index in [0.717, 1.165) is 47.7 Å². The second-order valence-electron chi connectivity index (χ2n) is 34.5. The Bertz CT molecular complexity index is 6430. The van der Waals surface area contributed by atoms with E-state index in [0.29, 0.717) is 84.2 Å². The molecule has 14 heterocycles. The number of imide groups is 11. The van der Waals surface area contributed by atoms with Crippen molar-refractivity contribution in [3.8, 4) is 17.2 Å². The molecule has 0 spiro atoms. The van der Waals surface area contributed by atoms with E-state index in [9.17, 15) is 120 Å². The summed E-state index contributed by atoms with van der Waals surface area (Å²) in [5.74, 6) is -9.24. The molecular weight excluding hydrogens is 1880 g/mol. The Hall–Kier alpha value is -17.9. The summed E-state index contributed by atoms with van der Waals surface area (Å²) in [7, 11) is 11.4. The highest BCUT2D eigenvalue weighted by Gasteiger charge is 2.52. The van der Waals surface area contributed by atoms with E-state index in [1.165, 1.54) is 37.3 Å². The molecule has 144 heavy (non-hydrogen) atoms. The zero-order valence-electron chi connectivity index (χ0n) is 78.2. The van der Waals surface area contributed by atoms with E-state index in [1.54, 1.807) is 123 Å². The molecule has 0 saturated carbocycles. The molecule has 744 valence electrons. The number of nitrogens with zero attached hydrogens (tertiary/aromatic N) is 7. The van der Waals surface area contributed by atoms with Gasteiger partial charge in [0.15, 0.2) is 0 Å². The Morgan fingerprint density at radius 2 is 0.556 bits per heavy atom. The van der Waals surface area contributed by atoms with Crippen LogP contribution in [0.2, 0.25) is 0 Å². The van der Waals surface area contributed by atoms with Gasteiger partial charge in [0.25, 0.3) is 65.0 Å². The zero-order chi connectivity index (χ0) is 103. The van der Waals surface area contributed by atoms with Crippen LogP contribution in [0.15, 0.2) is 127 Å². The number of piperidine rings is 7. The number of carbonyl (C=O) groups excluding carboxylic acids is 25. The van der Waals surface area contributed by atoms with Crippen LogP contribution in [0.5, 0.6) is 17.2 Å². The van der Waals surface area contributed by atoms with Gasteiger partial charge in [0.1, 0.15) is 59.5 Å². The average Bonchev–Trinajstić information content (AvgIpc) is 1.60. The fourth-order valence-electron chi connectivity index (χ4n) is 18.9. The number of carbonyl (C=O) groups is 25. The van der Waals surface area contributed by atoms with Crippen LogP contribution in [-0.2, 0) is 86.8 Å². The Balaban J connectivity index is 0.000000126. The Labute approximate surface area is 817 Å². The zero-order valence-corrected chi connectivity index (χ0v) is 78.2. The second-order valence-corrected chi connectivity index (χ2v) is 34.5. The number of benzene rings is 7. The van der Waals surface area contributed by atoms with Gasteiger partial charge < -0.3 is 50.2 Å². The molecule has 7 atom stereocenters. The molecule has 0 bridgehead atoms. The highest BCUT2D eigenvalue weighted by molar-refractivity contribution is 6.28. The van der Waals surface area contributed by atoms with Crippen molar-refractivity contribution in [2.75, 3.05) is 70.8 Å². The van der Waals surface area contributed by atoms with Crippen LogP contribution in [0, 0.1) is 0 Å². The fourth-order valence-corrected chi connectivity index (χ4v) is 18.9. The van der Waals surface area contributed by atoms with E-state index >= 15 is 0 Å². The average molecular weight is 1970 g/mol. The molecule has 14 aliphatic heterocycles. The first-order valence-corrected chi connectivity index (χ1v) is 45.5. The maximum atomic E-state index is 12.5. The number of hydrogen-bond acceptors (Lipinski definition) is 32. The molecule has 0 radical (unpaired) electrons. The minimum atomic E-state index is -0.959. The first-order chi connectivity index (χ1) is 69.0. The van der Waals surface area contributed by atoms with Crippen molar-refractivity contribution < 1.29 is 134 Å². The number of ether oxygens (including phenoxy) is 3. The standard InChI is InChI=1S/2C14H13N3O4.2C14H15N3O3.2C14H12N2O5.C14H14N2O4/c1-15-7-2-3-8-9(6-7)14(21)17(13(8)20)10-4-5-11(18)16-12(10)19;1-15-8-4-2-3-7-11(8)14(21)17(13(7)20)9-5-6-10(18)16-12(9)19;1-15-9-2-3-10-8(6-9)7-17(14(10)20)11-4-5-12(18)16-13(11)19;1-15-10-4-2-3-8-9(10)7-17(14(8)20)11-5-6-12(18)16-13(11)19;1-21-7-2-3-8-9(6-7)14(20)16(13(8)19)10-4-5-11(17)15-12(10)18;1-21-9-4-2-3-7-11(9)14(20)16(13(7)19)8-5-6-10(17)15-12(8)18;1-20-11-4-2-3-8-9(11)7-16(14(8)19)10-5-6-12(17)15-13(10)18/h2-3,6,10,15H,4-5H2,1H3,(H,16,18,19);2-4,9,15H,5-6H2,1H3,(H,16,18,19);2-3,6,11,15H,4-5,7H2,1H3,(H,16,18,19);2-4,11,15H,5-7H2,1H3,(H,16,18,19);2-3,6,10H,4-5H2,1H3,(H,15,17,18);2-4,8H,5-6H2,1H3,(H,15,17,18);2-4,10H,5-7H2,1H3,(H,15,17,18). The minimum absolute atomic E-state index is 0.0982. The molecule has 21 rings (SSSR count). The van der Waals surface area contributed by atoms with Gasteiger partial charge in [-0.05, 0) is 154 Å². The fraction of sp³-hybridized carbons (Fsp3) is 0.316. The summed E-state index contributed by atoms with van der Waals surface area (Å²) in [6.07, 6.45) is 2.99. The summed E-state index contributed by atoms with van der Waals surface area (Å²) in [5, 5.41) is 27.3. The van der Waals surface area contributed by atoms with E-state index in [2.05, 4.69) is 58.5 Å². The quantitative estimate of drug-likeness (QED) is 0.0692. The summed E-state index contributed by atoms with van der Waals surface area (Å²) < 4.78 is 15.4. The van der Waals surface area contributed by atoms with E-state index < -0.39 is 131 Å². The van der Waals surface area contributed by atoms with Crippen LogP contribution < -0.4 is 72.7 Å². The van der Waals surface area contributed by atoms with Crippen molar-refractivity contribution in [1.82, 2.24) is 71.5 Å². The van der Waals surface area contributed by atoms with E-state index in [4.69, 9.17) is 14.2 Å². The second kappa shape index (κ2) is 42.0. The molecule has 7 unspecified atom stereocenters. The normalized spacial score (nSPS) is 21.5. The lowest BCUT2D eigenvalue weighted by molar-refractivity contribution is -0.138. The molecule has 0 aromatic heterocycles. The molecule has 46 heteroatoms. The van der Waals surface area contributed by atoms with Crippen LogP contribution in [-0.4, -0.2) is 274 Å². The van der Waals surface area contributed by atoms with Crippen molar-refractivity contribution in [3.63, 3.8) is 0 Å². The molecule has 7 fully saturated rings. The number of fused-ring (bicyclic) bond motifs is 7. The number of methoxy groups -OCH3 is 3. The molecule has 7 aromatic rings. The first-order valence-electron chi connectivity index (χ1n) is 45.5. The number of anilines is 4. The third-order valence-corrected chi connectivity index (χ3v) is 26.2. The molecule has 7 saturated heterocycles. The first kappa shape index (κ1) is 101. The molecule has 0 aliphatic carbocycles. The molecule has 25 amide bonds. The molecular formula is C98H94N18O28. The summed E-state index contributed by atoms with van der Waals surface area (Å²) >= 11 is 0. The van der Waals surface area contributed by atoms with Gasteiger partial charge in [0.2, 0.25) is 82.7 Å². The topological polar surface area (TPSA) is 609 Å². The molecule has 14 aliphatic rings. The van der Waals surface area contributed by atoms with Crippen LogP contribution in [0.4, 0.5) is 22.7 Å². The Morgan fingerprint density at radius 3 is 0.951 bits per heavy atom.